The molecule has 1 aromatic heterocycles. The Labute approximate surface area is 107 Å². The van der Waals surface area contributed by atoms with Crippen LogP contribution in [-0.2, 0) is 0 Å². The predicted molar refractivity (Wildman–Crippen MR) is 68.0 cm³/mol. The second-order valence-electron chi connectivity index (χ2n) is 3.88. The van der Waals surface area contributed by atoms with Crippen LogP contribution in [-0.4, -0.2) is 22.0 Å². The summed E-state index contributed by atoms with van der Waals surface area (Å²) in [6.45, 7) is 0. The minimum absolute atomic E-state index is 0.0425. The smallest absolute Gasteiger partial charge is 0.337 e. The second-order valence-corrected chi connectivity index (χ2v) is 3.88. The third kappa shape index (κ3) is 2.52. The van der Waals surface area contributed by atoms with Crippen LogP contribution in [0.4, 0.5) is 0 Å². The lowest BCUT2D eigenvalue weighted by Crippen LogP contribution is -2.13. The molecule has 6 nitrogen and oxygen atoms in total. The number of carboxylic acid groups (broad SMARTS) is 1. The summed E-state index contributed by atoms with van der Waals surface area (Å²) in [5.41, 5.74) is 5.53. The van der Waals surface area contributed by atoms with Crippen molar-refractivity contribution in [2.75, 3.05) is 0 Å². The van der Waals surface area contributed by atoms with Crippen LogP contribution in [0, 0.1) is 0 Å². The third-order valence-electron chi connectivity index (χ3n) is 2.61. The summed E-state index contributed by atoms with van der Waals surface area (Å²) in [7, 11) is 0. The lowest BCUT2D eigenvalue weighted by atomic mass is 10.0. The van der Waals surface area contributed by atoms with Gasteiger partial charge < -0.3 is 15.8 Å². The first-order valence-electron chi connectivity index (χ1n) is 5.35. The first kappa shape index (κ1) is 12.6. The Morgan fingerprint density at radius 3 is 2.53 bits per heavy atom. The molecule has 0 atom stereocenters. The number of aromatic carboxylic acids is 1. The molecule has 96 valence electrons. The highest BCUT2D eigenvalue weighted by molar-refractivity contribution is 5.94. The van der Waals surface area contributed by atoms with Crippen molar-refractivity contribution in [2.24, 2.45) is 5.73 Å². The zero-order chi connectivity index (χ0) is 14.0. The van der Waals surface area contributed by atoms with E-state index in [0.29, 0.717) is 5.56 Å². The van der Waals surface area contributed by atoms with Gasteiger partial charge in [0.05, 0.1) is 5.56 Å². The molecule has 2 rings (SSSR count). The molecule has 4 N–H and O–H groups in total. The summed E-state index contributed by atoms with van der Waals surface area (Å²) in [5, 5.41) is 8.89. The van der Waals surface area contributed by atoms with Crippen molar-refractivity contribution in [3.05, 3.63) is 58.0 Å². The molecule has 0 saturated heterocycles. The minimum atomic E-state index is -1.15. The number of H-pyrrole nitrogens is 1. The van der Waals surface area contributed by atoms with Gasteiger partial charge in [-0.05, 0) is 23.8 Å². The monoisotopic (exact) mass is 258 g/mol. The maximum atomic E-state index is 11.7. The highest BCUT2D eigenvalue weighted by Crippen LogP contribution is 2.17. The summed E-state index contributed by atoms with van der Waals surface area (Å²) in [6.07, 6.45) is 1.12. The van der Waals surface area contributed by atoms with Gasteiger partial charge in [0.25, 0.3) is 5.56 Å². The molecule has 2 aromatic rings. The van der Waals surface area contributed by atoms with Crippen molar-refractivity contribution in [1.82, 2.24) is 4.98 Å². The number of primary amides is 1. The summed E-state index contributed by atoms with van der Waals surface area (Å²) in [6, 6.07) is 7.38. The number of carbonyl (C=O) groups is 2. The van der Waals surface area contributed by atoms with Crippen LogP contribution in [0.5, 0.6) is 0 Å². The molecule has 0 radical (unpaired) electrons. The van der Waals surface area contributed by atoms with E-state index in [1.165, 1.54) is 18.2 Å². The molecule has 0 aliphatic heterocycles. The molecule has 1 aromatic carbocycles. The van der Waals surface area contributed by atoms with Crippen LogP contribution in [0.1, 0.15) is 20.7 Å². The van der Waals surface area contributed by atoms with Gasteiger partial charge >= 0.3 is 5.97 Å². The van der Waals surface area contributed by atoms with Crippen LogP contribution in [0.3, 0.4) is 0 Å². The number of carboxylic acids is 1. The Morgan fingerprint density at radius 2 is 1.89 bits per heavy atom. The maximum absolute atomic E-state index is 11.7. The molecule has 0 saturated carbocycles. The standard InChI is InChI=1S/C13H10N2O4/c14-11(16)8-3-1-2-7(4-8)10-5-9(13(18)19)6-15-12(10)17/h1-6H,(H2,14,16)(H,15,17)(H,18,19). The van der Waals surface area contributed by atoms with E-state index in [0.717, 1.165) is 6.20 Å². The van der Waals surface area contributed by atoms with Crippen molar-refractivity contribution in [3.8, 4) is 11.1 Å². The number of rotatable bonds is 3. The average molecular weight is 258 g/mol. The van der Waals surface area contributed by atoms with Gasteiger partial charge in [-0.3, -0.25) is 9.59 Å². The Kier molecular flexibility index (Phi) is 3.15. The Bertz CT molecular complexity index is 719. The van der Waals surface area contributed by atoms with Gasteiger partial charge in [-0.2, -0.15) is 0 Å². The molecule has 0 spiro atoms. The summed E-state index contributed by atoms with van der Waals surface area (Å²) in [4.78, 5) is 36.0. The van der Waals surface area contributed by atoms with Crippen molar-refractivity contribution < 1.29 is 14.7 Å². The molecule has 6 heteroatoms. The fraction of sp³-hybridized carbons (Fsp3) is 0. The number of nitrogens with one attached hydrogen (secondary N) is 1. The fourth-order valence-corrected chi connectivity index (χ4v) is 1.66. The molecule has 0 bridgehead atoms. The normalized spacial score (nSPS) is 10.1. The maximum Gasteiger partial charge on any atom is 0.337 e. The largest absolute Gasteiger partial charge is 0.478 e. The van der Waals surface area contributed by atoms with Gasteiger partial charge in [-0.25, -0.2) is 4.79 Å². The average Bonchev–Trinajstić information content (AvgIpc) is 2.39. The van der Waals surface area contributed by atoms with E-state index in [9.17, 15) is 14.4 Å². The molecule has 0 aliphatic carbocycles. The van der Waals surface area contributed by atoms with E-state index >= 15 is 0 Å². The van der Waals surface area contributed by atoms with Gasteiger partial charge in [0.1, 0.15) is 0 Å². The van der Waals surface area contributed by atoms with Gasteiger partial charge in [0, 0.05) is 17.3 Å². The number of amides is 1. The van der Waals surface area contributed by atoms with Crippen LogP contribution >= 0.6 is 0 Å². The Morgan fingerprint density at radius 1 is 1.16 bits per heavy atom. The third-order valence-corrected chi connectivity index (χ3v) is 2.61. The number of aromatic amines is 1. The quantitative estimate of drug-likeness (QED) is 0.756. The van der Waals surface area contributed by atoms with E-state index in [-0.39, 0.29) is 16.7 Å². The lowest BCUT2D eigenvalue weighted by molar-refractivity contribution is 0.0696. The highest BCUT2D eigenvalue weighted by Gasteiger charge is 2.10. The Balaban J connectivity index is 2.61. The van der Waals surface area contributed by atoms with Crippen LogP contribution in [0.2, 0.25) is 0 Å². The van der Waals surface area contributed by atoms with Gasteiger partial charge in [-0.1, -0.05) is 12.1 Å². The van der Waals surface area contributed by atoms with Gasteiger partial charge in [-0.15, -0.1) is 0 Å². The molecule has 0 unspecified atom stereocenters. The second kappa shape index (κ2) is 4.77. The first-order valence-corrected chi connectivity index (χ1v) is 5.35. The van der Waals surface area contributed by atoms with Gasteiger partial charge in [0.15, 0.2) is 0 Å². The van der Waals surface area contributed by atoms with Crippen LogP contribution in [0.25, 0.3) is 11.1 Å². The van der Waals surface area contributed by atoms with E-state index in [4.69, 9.17) is 10.8 Å². The molecule has 1 amide bonds. The van der Waals surface area contributed by atoms with Crippen molar-refractivity contribution >= 4 is 11.9 Å². The summed E-state index contributed by atoms with van der Waals surface area (Å²) >= 11 is 0. The molecule has 19 heavy (non-hydrogen) atoms. The SMILES string of the molecule is NC(=O)c1cccc(-c2cc(C(=O)O)c[nH]c2=O)c1. The number of benzene rings is 1. The van der Waals surface area contributed by atoms with Crippen molar-refractivity contribution in [1.29, 1.82) is 0 Å². The number of nitrogens with two attached hydrogens (primary N) is 1. The Hall–Kier alpha value is -2.89. The minimum Gasteiger partial charge on any atom is -0.478 e. The van der Waals surface area contributed by atoms with E-state index in [2.05, 4.69) is 4.98 Å². The zero-order valence-electron chi connectivity index (χ0n) is 9.71. The van der Waals surface area contributed by atoms with Gasteiger partial charge in [0.2, 0.25) is 5.91 Å². The topological polar surface area (TPSA) is 113 Å². The van der Waals surface area contributed by atoms with E-state index in [1.54, 1.807) is 12.1 Å². The molecule has 0 fully saturated rings. The van der Waals surface area contributed by atoms with Crippen LogP contribution < -0.4 is 11.3 Å². The fourth-order valence-electron chi connectivity index (χ4n) is 1.66. The molecular formula is C13H10N2O4. The number of hydrogen-bond acceptors (Lipinski definition) is 3. The van der Waals surface area contributed by atoms with Crippen molar-refractivity contribution in [3.63, 3.8) is 0 Å². The predicted octanol–water partition coefficient (Wildman–Crippen LogP) is 0.839. The van der Waals surface area contributed by atoms with Crippen molar-refractivity contribution in [2.45, 2.75) is 0 Å². The molecule has 0 aliphatic rings. The van der Waals surface area contributed by atoms with Crippen LogP contribution in [0.15, 0.2) is 41.3 Å². The summed E-state index contributed by atoms with van der Waals surface area (Å²) in [5.74, 6) is -1.77. The highest BCUT2D eigenvalue weighted by atomic mass is 16.4. The number of hydrogen-bond donors (Lipinski definition) is 3. The lowest BCUT2D eigenvalue weighted by Gasteiger charge is -2.03. The summed E-state index contributed by atoms with van der Waals surface area (Å²) < 4.78 is 0. The zero-order valence-corrected chi connectivity index (χ0v) is 9.71. The van der Waals surface area contributed by atoms with E-state index < -0.39 is 17.4 Å². The number of pyridine rings is 1. The number of aromatic nitrogens is 1. The van der Waals surface area contributed by atoms with E-state index in [1.807, 2.05) is 0 Å². The first-order chi connectivity index (χ1) is 8.99. The number of carbonyl (C=O) groups excluding carboxylic acids is 1. The molecule has 1 heterocycles. The molecular weight excluding hydrogens is 248 g/mol.